The third-order valence-corrected chi connectivity index (χ3v) is 9.15. The molecule has 0 aromatic carbocycles. The maximum absolute atomic E-state index is 13.3. The molecule has 170 valence electrons. The molecule has 1 saturated heterocycles. The highest BCUT2D eigenvalue weighted by atomic mass is 127. The van der Waals surface area contributed by atoms with E-state index in [2.05, 4.69) is 116 Å². The van der Waals surface area contributed by atoms with Crippen LogP contribution in [0.1, 0.15) is 47.0 Å². The summed E-state index contributed by atoms with van der Waals surface area (Å²) in [6.45, 7) is 12.8. The molecule has 2 aliphatic rings. The number of amides is 2. The van der Waals surface area contributed by atoms with E-state index in [1.807, 2.05) is 47.7 Å². The summed E-state index contributed by atoms with van der Waals surface area (Å²) < 4.78 is 2.17. The van der Waals surface area contributed by atoms with Crippen molar-refractivity contribution in [1.82, 2.24) is 13.3 Å². The van der Waals surface area contributed by atoms with Crippen molar-refractivity contribution in [3.63, 3.8) is 0 Å². The lowest BCUT2D eigenvalue weighted by molar-refractivity contribution is -0.131. The minimum Gasteiger partial charge on any atom is -0.332 e. The van der Waals surface area contributed by atoms with Gasteiger partial charge >= 0.3 is 0 Å². The molecule has 2 unspecified atom stereocenters. The van der Waals surface area contributed by atoms with Gasteiger partial charge in [0, 0.05) is 25.0 Å². The number of nitrogens with one attached hydrogen (secondary N) is 1. The number of hydrogen-bond acceptors (Lipinski definition) is 3. The van der Waals surface area contributed by atoms with Gasteiger partial charge in [-0.05, 0) is 60.9 Å². The fourth-order valence-electron chi connectivity index (χ4n) is 3.28. The lowest BCUT2D eigenvalue weighted by Gasteiger charge is -2.39. The van der Waals surface area contributed by atoms with E-state index in [9.17, 15) is 9.59 Å². The van der Waals surface area contributed by atoms with Crippen molar-refractivity contribution in [2.24, 2.45) is 0 Å². The van der Waals surface area contributed by atoms with E-state index in [-0.39, 0.29) is 23.9 Å². The predicted molar refractivity (Wildman–Crippen MR) is 168 cm³/mol. The summed E-state index contributed by atoms with van der Waals surface area (Å²) >= 11 is 10.9. The maximum atomic E-state index is 13.3. The second kappa shape index (κ2) is 13.6. The van der Waals surface area contributed by atoms with Crippen molar-refractivity contribution in [1.29, 1.82) is 0 Å². The number of rotatable bonds is 5. The average molecular weight is 977 g/mol. The summed E-state index contributed by atoms with van der Waals surface area (Å²) in [5, 5.41) is 3.47. The number of piperidine rings is 1. The summed E-state index contributed by atoms with van der Waals surface area (Å²) in [6, 6.07) is 0.292. The fourth-order valence-corrected chi connectivity index (χ4v) is 7.56. The molecule has 2 heterocycles. The van der Waals surface area contributed by atoms with Crippen LogP contribution in [-0.4, -0.2) is 43.9 Å². The Kier molecular flexibility index (Phi) is 13.5. The van der Waals surface area contributed by atoms with Crippen LogP contribution in [-0.2, 0) is 9.59 Å². The Morgan fingerprint density at radius 2 is 1.93 bits per heavy atom. The summed E-state index contributed by atoms with van der Waals surface area (Å²) in [5.74, 6) is 0.0383. The topological polar surface area (TPSA) is 52.7 Å². The molecule has 1 N–H and O–H groups in total. The zero-order valence-corrected chi connectivity index (χ0v) is 28.3. The number of nitrogens with zero attached hydrogens (tertiary/aromatic N) is 2. The van der Waals surface area contributed by atoms with E-state index in [0.29, 0.717) is 14.0 Å². The third kappa shape index (κ3) is 7.65. The van der Waals surface area contributed by atoms with Crippen LogP contribution >= 0.6 is 113 Å². The summed E-state index contributed by atoms with van der Waals surface area (Å²) in [5.41, 5.74) is 1.73. The van der Waals surface area contributed by atoms with Crippen molar-refractivity contribution >= 4 is 125 Å². The Morgan fingerprint density at radius 3 is 2.40 bits per heavy atom. The molecule has 1 fully saturated rings. The van der Waals surface area contributed by atoms with Gasteiger partial charge in [-0.15, -0.1) is 0 Å². The molecule has 0 aliphatic carbocycles. The Labute approximate surface area is 249 Å². The molecule has 0 radical (unpaired) electrons. The average Bonchev–Trinajstić information content (AvgIpc) is 2.71. The van der Waals surface area contributed by atoms with Gasteiger partial charge in [0.15, 0.2) is 1.43 Å². The minimum absolute atomic E-state index is 0.0169. The monoisotopic (exact) mass is 977 g/mol. The summed E-state index contributed by atoms with van der Waals surface area (Å²) in [7, 11) is 0. The number of alkyl halides is 3. The molecule has 2 amide bonds. The van der Waals surface area contributed by atoms with Crippen molar-refractivity contribution in [2.45, 2.75) is 64.5 Å². The van der Waals surface area contributed by atoms with Crippen LogP contribution in [0.15, 0.2) is 33.6 Å². The van der Waals surface area contributed by atoms with Crippen LogP contribution in [0.25, 0.3) is 0 Å². The number of carbonyl (C=O) groups is 2. The molecule has 2 aliphatic heterocycles. The zero-order chi connectivity index (χ0) is 23.2. The molecule has 30 heavy (non-hydrogen) atoms. The smallest absolute Gasteiger partial charge is 0.262 e. The van der Waals surface area contributed by atoms with Crippen molar-refractivity contribution in [3.05, 3.63) is 33.6 Å². The quantitative estimate of drug-likeness (QED) is 0.110. The van der Waals surface area contributed by atoms with Gasteiger partial charge in [0.25, 0.3) is 11.8 Å². The maximum Gasteiger partial charge on any atom is 0.262 e. The normalized spacial score (nSPS) is 24.4. The molecule has 0 aromatic heterocycles. The van der Waals surface area contributed by atoms with E-state index in [4.69, 9.17) is 0 Å². The van der Waals surface area contributed by atoms with Gasteiger partial charge < -0.3 is 10.2 Å². The van der Waals surface area contributed by atoms with Gasteiger partial charge in [-0.1, -0.05) is 94.3 Å². The molecule has 2 atom stereocenters. The number of allylic oxidation sites excluding steroid dienone is 3. The first-order valence-corrected chi connectivity index (χ1v) is 15.2. The van der Waals surface area contributed by atoms with E-state index >= 15 is 0 Å². The van der Waals surface area contributed by atoms with Crippen LogP contribution in [0.5, 0.6) is 0 Å². The van der Waals surface area contributed by atoms with E-state index < -0.39 is 1.43 Å². The first-order chi connectivity index (χ1) is 14.0. The molecule has 0 saturated carbocycles. The molecule has 10 heteroatoms. The second-order valence-corrected chi connectivity index (χ2v) is 16.4. The Hall–Kier alpha value is 1.77. The molecule has 2 rings (SSSR count). The predicted octanol–water partition coefficient (Wildman–Crippen LogP) is 6.67. The molecule has 0 aromatic rings. The van der Waals surface area contributed by atoms with E-state index in [0.717, 1.165) is 30.7 Å². The Morgan fingerprint density at radius 1 is 1.33 bits per heavy atom. The number of halogens is 5. The summed E-state index contributed by atoms with van der Waals surface area (Å²) in [4.78, 5) is 28.0. The molecule has 0 spiro atoms. The van der Waals surface area contributed by atoms with Crippen LogP contribution in [0.3, 0.4) is 0 Å². The molecular formula is C20H28I5N3O2. The number of carbonyl (C=O) groups excluding carboxylic acids is 2. The molecule has 5 nitrogen and oxygen atoms in total. The van der Waals surface area contributed by atoms with Crippen LogP contribution < -0.4 is 5.32 Å². The van der Waals surface area contributed by atoms with Crippen molar-refractivity contribution < 1.29 is 9.59 Å². The van der Waals surface area contributed by atoms with Gasteiger partial charge in [0.2, 0.25) is 0 Å². The zero-order valence-electron chi connectivity index (χ0n) is 17.5. The van der Waals surface area contributed by atoms with Gasteiger partial charge in [-0.25, -0.2) is 0 Å². The van der Waals surface area contributed by atoms with Crippen molar-refractivity contribution in [3.8, 4) is 0 Å². The SMILES string of the molecule is C=CC1=C(/C=C(\I)C(=O)N(C(C)C)C2CCC(I)NC2)N(I)C(=O)C(I)(I)C1.CC. The first-order valence-electron chi connectivity index (χ1n) is 9.80. The highest BCUT2D eigenvalue weighted by Gasteiger charge is 2.42. The van der Waals surface area contributed by atoms with Gasteiger partial charge in [0.1, 0.15) is 0 Å². The van der Waals surface area contributed by atoms with Gasteiger partial charge in [0.05, 0.1) is 36.2 Å². The third-order valence-electron chi connectivity index (χ3n) is 4.67. The van der Waals surface area contributed by atoms with E-state index in [1.165, 1.54) is 0 Å². The molecular weight excluding hydrogens is 949 g/mol. The van der Waals surface area contributed by atoms with Crippen LogP contribution in [0, 0.1) is 0 Å². The minimum atomic E-state index is -0.527. The Balaban J connectivity index is 0.00000218. The van der Waals surface area contributed by atoms with E-state index in [1.54, 1.807) is 9.19 Å². The number of hydrogen-bond donors (Lipinski definition) is 1. The van der Waals surface area contributed by atoms with Gasteiger partial charge in [-0.2, -0.15) is 0 Å². The van der Waals surface area contributed by atoms with Crippen LogP contribution in [0.4, 0.5) is 0 Å². The highest BCUT2D eigenvalue weighted by molar-refractivity contribution is 14.2. The highest BCUT2D eigenvalue weighted by Crippen LogP contribution is 2.44. The van der Waals surface area contributed by atoms with Gasteiger partial charge in [-0.3, -0.25) is 12.7 Å². The Bertz CT molecular complexity index is 713. The second-order valence-electron chi connectivity index (χ2n) is 6.99. The molecule has 0 bridgehead atoms. The summed E-state index contributed by atoms with van der Waals surface area (Å²) in [6.07, 6.45) is 6.27. The largest absolute Gasteiger partial charge is 0.332 e. The lowest BCUT2D eigenvalue weighted by atomic mass is 10.0. The standard InChI is InChI=1S/C18H22I5N3O2.C2H6/c1-4-11-8-18(21,22)17(28)26(23)14(11)7-13(19)16(27)25(10(2)3)12-5-6-15(20)24-9-12;1-2/h4,7,10,12,15,24H,1,5-6,8-9H2,2-3H3;1-2H3/b13-7-;. The van der Waals surface area contributed by atoms with Crippen LogP contribution in [0.2, 0.25) is 0 Å². The fraction of sp³-hybridized carbons (Fsp3) is 0.600. The first kappa shape index (κ1) is 29.8. The van der Waals surface area contributed by atoms with Crippen molar-refractivity contribution in [2.75, 3.05) is 6.54 Å². The lowest BCUT2D eigenvalue weighted by Crippen LogP contribution is -2.53.